The first-order valence-corrected chi connectivity index (χ1v) is 6.99. The molecule has 0 N–H and O–H groups in total. The maximum atomic E-state index is 5.82. The molecule has 5 nitrogen and oxygen atoms in total. The van der Waals surface area contributed by atoms with Crippen LogP contribution in [0.25, 0.3) is 11.0 Å². The molecule has 3 aromatic rings. The highest BCUT2D eigenvalue weighted by atomic mass is 79.9. The van der Waals surface area contributed by atoms with E-state index in [4.69, 9.17) is 4.74 Å². The number of rotatable bonds is 2. The number of ether oxygens (including phenoxy) is 1. The van der Waals surface area contributed by atoms with Crippen molar-refractivity contribution in [1.82, 2.24) is 19.7 Å². The topological polar surface area (TPSA) is 52.8 Å². The fraction of sp³-hybridized carbons (Fsp3) is 0.0833. The van der Waals surface area contributed by atoms with E-state index in [1.807, 2.05) is 25.2 Å². The molecule has 0 fully saturated rings. The minimum atomic E-state index is 0.487. The van der Waals surface area contributed by atoms with E-state index < -0.39 is 0 Å². The Hall–Kier alpha value is -1.47. The largest absolute Gasteiger partial charge is 0.437 e. The molecule has 0 saturated heterocycles. The SMILES string of the molecule is Cn1ncc2c(Oc3ccc(Br)cc3Br)ncnc21. The van der Waals surface area contributed by atoms with Crippen molar-refractivity contribution < 1.29 is 4.74 Å². The van der Waals surface area contributed by atoms with Crippen molar-refractivity contribution >= 4 is 42.9 Å². The first-order valence-electron chi connectivity index (χ1n) is 5.41. The Labute approximate surface area is 125 Å². The molecule has 0 aliphatic heterocycles. The van der Waals surface area contributed by atoms with Crippen LogP contribution in [-0.2, 0) is 7.05 Å². The third-order valence-corrected chi connectivity index (χ3v) is 3.71. The van der Waals surface area contributed by atoms with Gasteiger partial charge in [0, 0.05) is 11.5 Å². The van der Waals surface area contributed by atoms with Gasteiger partial charge in [0.2, 0.25) is 5.88 Å². The zero-order valence-corrected chi connectivity index (χ0v) is 13.0. The predicted octanol–water partition coefficient (Wildman–Crippen LogP) is 3.68. The molecule has 0 atom stereocenters. The zero-order chi connectivity index (χ0) is 13.4. The minimum absolute atomic E-state index is 0.487. The van der Waals surface area contributed by atoms with E-state index in [1.54, 1.807) is 10.9 Å². The lowest BCUT2D eigenvalue weighted by Gasteiger charge is -2.07. The number of benzene rings is 1. The van der Waals surface area contributed by atoms with Crippen LogP contribution in [0, 0.1) is 0 Å². The Morgan fingerprint density at radius 1 is 1.21 bits per heavy atom. The number of aryl methyl sites for hydroxylation is 1. The summed E-state index contributed by atoms with van der Waals surface area (Å²) in [6.07, 6.45) is 3.16. The summed E-state index contributed by atoms with van der Waals surface area (Å²) >= 11 is 6.85. The highest BCUT2D eigenvalue weighted by molar-refractivity contribution is 9.11. The molecule has 2 heterocycles. The monoisotopic (exact) mass is 382 g/mol. The van der Waals surface area contributed by atoms with Crippen molar-refractivity contribution in [3.05, 3.63) is 39.7 Å². The Morgan fingerprint density at radius 3 is 2.84 bits per heavy atom. The van der Waals surface area contributed by atoms with Gasteiger partial charge in [-0.1, -0.05) is 15.9 Å². The first kappa shape index (κ1) is 12.6. The molecule has 0 amide bonds. The van der Waals surface area contributed by atoms with Crippen LogP contribution < -0.4 is 4.74 Å². The van der Waals surface area contributed by atoms with Crippen LogP contribution in [0.2, 0.25) is 0 Å². The van der Waals surface area contributed by atoms with E-state index in [-0.39, 0.29) is 0 Å². The highest BCUT2D eigenvalue weighted by Gasteiger charge is 2.11. The molecule has 3 rings (SSSR count). The van der Waals surface area contributed by atoms with Gasteiger partial charge in [-0.25, -0.2) is 9.97 Å². The van der Waals surface area contributed by atoms with Crippen molar-refractivity contribution in [3.63, 3.8) is 0 Å². The Balaban J connectivity index is 2.06. The molecule has 7 heteroatoms. The zero-order valence-electron chi connectivity index (χ0n) is 9.84. The lowest BCUT2D eigenvalue weighted by Crippen LogP contribution is -1.94. The summed E-state index contributed by atoms with van der Waals surface area (Å²) in [5.41, 5.74) is 0.734. The van der Waals surface area contributed by atoms with E-state index in [0.717, 1.165) is 20.0 Å². The molecule has 0 aliphatic rings. The van der Waals surface area contributed by atoms with E-state index in [0.29, 0.717) is 11.6 Å². The molecule has 0 unspecified atom stereocenters. The molecular formula is C12H8Br2N4O. The number of aromatic nitrogens is 4. The lowest BCUT2D eigenvalue weighted by atomic mass is 10.3. The van der Waals surface area contributed by atoms with E-state index in [1.165, 1.54) is 6.33 Å². The van der Waals surface area contributed by atoms with E-state index in [2.05, 4.69) is 46.9 Å². The van der Waals surface area contributed by atoms with Gasteiger partial charge in [-0.3, -0.25) is 4.68 Å². The van der Waals surface area contributed by atoms with Crippen molar-refractivity contribution in [3.8, 4) is 11.6 Å². The van der Waals surface area contributed by atoms with Gasteiger partial charge in [0.05, 0.1) is 10.7 Å². The van der Waals surface area contributed by atoms with Crippen molar-refractivity contribution in [2.24, 2.45) is 7.05 Å². The van der Waals surface area contributed by atoms with E-state index in [9.17, 15) is 0 Å². The van der Waals surface area contributed by atoms with Gasteiger partial charge < -0.3 is 4.74 Å². The molecule has 0 bridgehead atoms. The second-order valence-electron chi connectivity index (χ2n) is 3.86. The molecule has 0 radical (unpaired) electrons. The Kier molecular flexibility index (Phi) is 3.24. The van der Waals surface area contributed by atoms with Gasteiger partial charge in [-0.05, 0) is 34.1 Å². The van der Waals surface area contributed by atoms with Crippen LogP contribution in [0.3, 0.4) is 0 Å². The van der Waals surface area contributed by atoms with Crippen LogP contribution in [0.15, 0.2) is 39.7 Å². The summed E-state index contributed by atoms with van der Waals surface area (Å²) in [5, 5.41) is 4.93. The summed E-state index contributed by atoms with van der Waals surface area (Å²) in [4.78, 5) is 8.33. The maximum absolute atomic E-state index is 5.82. The van der Waals surface area contributed by atoms with Crippen molar-refractivity contribution in [2.75, 3.05) is 0 Å². The van der Waals surface area contributed by atoms with Gasteiger partial charge in [0.1, 0.15) is 17.5 Å². The quantitative estimate of drug-likeness (QED) is 0.677. The van der Waals surface area contributed by atoms with Gasteiger partial charge in [-0.15, -0.1) is 0 Å². The summed E-state index contributed by atoms with van der Waals surface area (Å²) < 4.78 is 9.32. The fourth-order valence-corrected chi connectivity index (χ4v) is 2.81. The van der Waals surface area contributed by atoms with Gasteiger partial charge in [0.25, 0.3) is 0 Å². The summed E-state index contributed by atoms with van der Waals surface area (Å²) in [5.74, 6) is 1.17. The number of hydrogen-bond donors (Lipinski definition) is 0. The maximum Gasteiger partial charge on any atom is 0.233 e. The predicted molar refractivity (Wildman–Crippen MR) is 78.2 cm³/mol. The Morgan fingerprint density at radius 2 is 2.05 bits per heavy atom. The van der Waals surface area contributed by atoms with Crippen LogP contribution in [0.1, 0.15) is 0 Å². The molecule has 2 aromatic heterocycles. The Bertz CT molecular complexity index is 757. The molecule has 0 aliphatic carbocycles. The van der Waals surface area contributed by atoms with Crippen molar-refractivity contribution in [2.45, 2.75) is 0 Å². The minimum Gasteiger partial charge on any atom is -0.437 e. The molecular weight excluding hydrogens is 376 g/mol. The summed E-state index contributed by atoms with van der Waals surface area (Å²) in [6, 6.07) is 5.68. The lowest BCUT2D eigenvalue weighted by molar-refractivity contribution is 0.465. The fourth-order valence-electron chi connectivity index (χ4n) is 1.68. The first-order chi connectivity index (χ1) is 9.15. The molecule has 0 spiro atoms. The normalized spacial score (nSPS) is 10.9. The van der Waals surface area contributed by atoms with Gasteiger partial charge >= 0.3 is 0 Å². The van der Waals surface area contributed by atoms with Crippen LogP contribution in [0.5, 0.6) is 11.6 Å². The van der Waals surface area contributed by atoms with Crippen LogP contribution in [-0.4, -0.2) is 19.7 Å². The summed E-state index contributed by atoms with van der Waals surface area (Å²) in [7, 11) is 1.83. The highest BCUT2D eigenvalue weighted by Crippen LogP contribution is 2.33. The number of hydrogen-bond acceptors (Lipinski definition) is 4. The second-order valence-corrected chi connectivity index (χ2v) is 5.63. The summed E-state index contributed by atoms with van der Waals surface area (Å²) in [6.45, 7) is 0. The molecule has 19 heavy (non-hydrogen) atoms. The molecule has 96 valence electrons. The average Bonchev–Trinajstić information content (AvgIpc) is 2.76. The number of nitrogens with zero attached hydrogens (tertiary/aromatic N) is 4. The average molecular weight is 384 g/mol. The molecule has 0 saturated carbocycles. The van der Waals surface area contributed by atoms with Gasteiger partial charge in [0.15, 0.2) is 5.65 Å². The van der Waals surface area contributed by atoms with Crippen molar-refractivity contribution in [1.29, 1.82) is 0 Å². The third-order valence-electron chi connectivity index (χ3n) is 2.59. The second kappa shape index (κ2) is 4.90. The van der Waals surface area contributed by atoms with E-state index >= 15 is 0 Å². The standard InChI is InChI=1S/C12H8Br2N4O/c1-18-11-8(5-17-18)12(16-6-15-11)19-10-3-2-7(13)4-9(10)14/h2-6H,1H3. The van der Waals surface area contributed by atoms with Crippen LogP contribution >= 0.6 is 31.9 Å². The van der Waals surface area contributed by atoms with Crippen LogP contribution in [0.4, 0.5) is 0 Å². The number of fused-ring (bicyclic) bond motifs is 1. The smallest absolute Gasteiger partial charge is 0.233 e. The van der Waals surface area contributed by atoms with Gasteiger partial charge in [-0.2, -0.15) is 5.10 Å². The number of halogens is 2. The third kappa shape index (κ3) is 2.35. The molecule has 1 aromatic carbocycles.